The maximum Gasteiger partial charge on any atom is 0.226 e. The minimum atomic E-state index is -0.197. The molecule has 0 atom stereocenters. The molecule has 0 radical (unpaired) electrons. The number of allylic oxidation sites excluding steroid dienone is 1. The molecule has 118 valence electrons. The first-order valence-corrected chi connectivity index (χ1v) is 7.67. The Morgan fingerprint density at radius 3 is 3.04 bits per heavy atom. The zero-order valence-corrected chi connectivity index (χ0v) is 13.2. The van der Waals surface area contributed by atoms with E-state index in [2.05, 4.69) is 15.3 Å². The van der Waals surface area contributed by atoms with E-state index in [1.807, 2.05) is 24.3 Å². The fraction of sp³-hybridized carbons (Fsp3) is 0. The molecule has 0 amide bonds. The molecule has 0 saturated carbocycles. The van der Waals surface area contributed by atoms with Gasteiger partial charge in [0, 0.05) is 34.1 Å². The number of carbonyl (C=O) groups is 1. The van der Waals surface area contributed by atoms with Crippen LogP contribution in [-0.4, -0.2) is 15.8 Å². The first-order valence-electron chi connectivity index (χ1n) is 7.29. The smallest absolute Gasteiger partial charge is 0.226 e. The molecular formula is C18H12ClN3O2. The number of fused-ring (bicyclic) bond motifs is 1. The van der Waals surface area contributed by atoms with Gasteiger partial charge in [0.1, 0.15) is 5.65 Å². The lowest BCUT2D eigenvalue weighted by Gasteiger charge is -2.07. The quantitative estimate of drug-likeness (QED) is 0.706. The molecule has 2 N–H and O–H groups in total. The second-order valence-corrected chi connectivity index (χ2v) is 5.70. The van der Waals surface area contributed by atoms with Crippen LogP contribution in [-0.2, 0) is 9.53 Å². The lowest BCUT2D eigenvalue weighted by atomic mass is 10.2. The van der Waals surface area contributed by atoms with E-state index in [4.69, 9.17) is 16.3 Å². The van der Waals surface area contributed by atoms with Crippen molar-refractivity contribution in [2.24, 2.45) is 0 Å². The molecule has 1 aromatic carbocycles. The molecule has 6 heteroatoms. The molecule has 0 saturated heterocycles. The summed E-state index contributed by atoms with van der Waals surface area (Å²) < 4.78 is 5.62. The van der Waals surface area contributed by atoms with Crippen molar-refractivity contribution in [3.63, 3.8) is 0 Å². The Hall–Kier alpha value is -3.05. The number of aromatic nitrogens is 2. The SMILES string of the molecule is O=C1C=C(Nc2cccc(Cl)c2)O/C1=C/c1c[nH]c2ncccc12. The van der Waals surface area contributed by atoms with Gasteiger partial charge in [-0.25, -0.2) is 4.98 Å². The van der Waals surface area contributed by atoms with Crippen LogP contribution in [0.2, 0.25) is 5.02 Å². The summed E-state index contributed by atoms with van der Waals surface area (Å²) in [6.07, 6.45) is 6.62. The van der Waals surface area contributed by atoms with Crippen LogP contribution >= 0.6 is 11.6 Å². The third-order valence-corrected chi connectivity index (χ3v) is 3.82. The first-order chi connectivity index (χ1) is 11.7. The molecule has 2 aromatic heterocycles. The van der Waals surface area contributed by atoms with E-state index in [1.165, 1.54) is 6.08 Å². The average Bonchev–Trinajstić information content (AvgIpc) is 3.12. The second kappa shape index (κ2) is 5.86. The Kier molecular flexibility index (Phi) is 3.55. The van der Waals surface area contributed by atoms with Crippen molar-refractivity contribution in [3.05, 3.63) is 77.1 Å². The van der Waals surface area contributed by atoms with Crippen LogP contribution in [0, 0.1) is 0 Å². The minimum absolute atomic E-state index is 0.197. The van der Waals surface area contributed by atoms with Crippen molar-refractivity contribution < 1.29 is 9.53 Å². The normalized spacial score (nSPS) is 15.6. The first kappa shape index (κ1) is 14.5. The number of nitrogens with one attached hydrogen (secondary N) is 2. The van der Waals surface area contributed by atoms with E-state index >= 15 is 0 Å². The summed E-state index contributed by atoms with van der Waals surface area (Å²) in [6.45, 7) is 0. The van der Waals surface area contributed by atoms with Crippen molar-refractivity contribution in [3.8, 4) is 0 Å². The van der Waals surface area contributed by atoms with E-state index in [0.717, 1.165) is 22.3 Å². The Morgan fingerprint density at radius 2 is 2.17 bits per heavy atom. The zero-order valence-electron chi connectivity index (χ0n) is 12.4. The zero-order chi connectivity index (χ0) is 16.5. The van der Waals surface area contributed by atoms with Gasteiger partial charge in [-0.05, 0) is 36.4 Å². The number of nitrogens with zero attached hydrogens (tertiary/aromatic N) is 1. The van der Waals surface area contributed by atoms with Crippen molar-refractivity contribution in [1.29, 1.82) is 0 Å². The monoisotopic (exact) mass is 337 g/mol. The van der Waals surface area contributed by atoms with Gasteiger partial charge < -0.3 is 15.0 Å². The van der Waals surface area contributed by atoms with Gasteiger partial charge in [0.05, 0.1) is 6.08 Å². The Labute approximate surface area is 142 Å². The molecule has 5 nitrogen and oxygen atoms in total. The number of aromatic amines is 1. The molecule has 1 aliphatic rings. The van der Waals surface area contributed by atoms with Crippen molar-refractivity contribution >= 4 is 40.2 Å². The number of ketones is 1. The number of hydrogen-bond donors (Lipinski definition) is 2. The van der Waals surface area contributed by atoms with E-state index in [1.54, 1.807) is 30.6 Å². The summed E-state index contributed by atoms with van der Waals surface area (Å²) in [7, 11) is 0. The van der Waals surface area contributed by atoms with Crippen LogP contribution in [0.25, 0.3) is 17.1 Å². The fourth-order valence-electron chi connectivity index (χ4n) is 2.50. The highest BCUT2D eigenvalue weighted by atomic mass is 35.5. The number of pyridine rings is 1. The highest BCUT2D eigenvalue weighted by Crippen LogP contribution is 2.25. The molecule has 0 unspecified atom stereocenters. The number of halogens is 1. The van der Waals surface area contributed by atoms with E-state index in [0.29, 0.717) is 10.9 Å². The number of rotatable bonds is 3. The minimum Gasteiger partial charge on any atom is -0.437 e. The van der Waals surface area contributed by atoms with Gasteiger partial charge in [-0.2, -0.15) is 0 Å². The van der Waals surface area contributed by atoms with E-state index < -0.39 is 0 Å². The highest BCUT2D eigenvalue weighted by Gasteiger charge is 2.21. The number of anilines is 1. The summed E-state index contributed by atoms with van der Waals surface area (Å²) in [5.74, 6) is 0.425. The Bertz CT molecular complexity index is 1000. The fourth-order valence-corrected chi connectivity index (χ4v) is 2.69. The molecule has 24 heavy (non-hydrogen) atoms. The van der Waals surface area contributed by atoms with Crippen LogP contribution in [0.5, 0.6) is 0 Å². The molecule has 3 heterocycles. The second-order valence-electron chi connectivity index (χ2n) is 5.26. The number of carbonyl (C=O) groups excluding carboxylic acids is 1. The number of hydrogen-bond acceptors (Lipinski definition) is 4. The third kappa shape index (κ3) is 2.77. The maximum atomic E-state index is 12.1. The average molecular weight is 338 g/mol. The predicted molar refractivity (Wildman–Crippen MR) is 93.3 cm³/mol. The van der Waals surface area contributed by atoms with Crippen molar-refractivity contribution in [2.45, 2.75) is 0 Å². The van der Waals surface area contributed by atoms with Gasteiger partial charge in [0.2, 0.25) is 11.7 Å². The summed E-state index contributed by atoms with van der Waals surface area (Å²) in [4.78, 5) is 19.4. The lowest BCUT2D eigenvalue weighted by Crippen LogP contribution is -1.99. The van der Waals surface area contributed by atoms with Crippen LogP contribution in [0.4, 0.5) is 5.69 Å². The number of ether oxygens (including phenoxy) is 1. The third-order valence-electron chi connectivity index (χ3n) is 3.59. The molecule has 0 fully saturated rings. The molecule has 0 spiro atoms. The number of benzene rings is 1. The van der Waals surface area contributed by atoms with Gasteiger partial charge in [-0.15, -0.1) is 0 Å². The van der Waals surface area contributed by atoms with Crippen LogP contribution in [0.3, 0.4) is 0 Å². The highest BCUT2D eigenvalue weighted by molar-refractivity contribution is 6.30. The van der Waals surface area contributed by atoms with E-state index in [-0.39, 0.29) is 11.5 Å². The van der Waals surface area contributed by atoms with Gasteiger partial charge in [0.15, 0.2) is 5.76 Å². The number of H-pyrrole nitrogens is 1. The predicted octanol–water partition coefficient (Wildman–Crippen LogP) is 4.11. The summed E-state index contributed by atoms with van der Waals surface area (Å²) in [5.41, 5.74) is 2.36. The molecule has 0 aliphatic carbocycles. The van der Waals surface area contributed by atoms with Gasteiger partial charge in [-0.3, -0.25) is 4.79 Å². The van der Waals surface area contributed by atoms with Crippen molar-refractivity contribution in [1.82, 2.24) is 9.97 Å². The van der Waals surface area contributed by atoms with Gasteiger partial charge in [0.25, 0.3) is 0 Å². The van der Waals surface area contributed by atoms with Crippen LogP contribution < -0.4 is 5.32 Å². The summed E-state index contributed by atoms with van der Waals surface area (Å²) in [5, 5.41) is 4.56. The lowest BCUT2D eigenvalue weighted by molar-refractivity contribution is -0.112. The van der Waals surface area contributed by atoms with Crippen LogP contribution in [0.15, 0.2) is 66.5 Å². The van der Waals surface area contributed by atoms with Crippen LogP contribution in [0.1, 0.15) is 5.56 Å². The maximum absolute atomic E-state index is 12.1. The van der Waals surface area contributed by atoms with Gasteiger partial charge in [-0.1, -0.05) is 17.7 Å². The summed E-state index contributed by atoms with van der Waals surface area (Å²) in [6, 6.07) is 11.0. The topological polar surface area (TPSA) is 67.0 Å². The van der Waals surface area contributed by atoms with E-state index in [9.17, 15) is 4.79 Å². The molecule has 4 rings (SSSR count). The molecule has 1 aliphatic heterocycles. The largest absolute Gasteiger partial charge is 0.437 e. The van der Waals surface area contributed by atoms with Gasteiger partial charge >= 0.3 is 0 Å². The van der Waals surface area contributed by atoms with Crippen molar-refractivity contribution in [2.75, 3.05) is 5.32 Å². The standard InChI is InChI=1S/C18H12ClN3O2/c19-12-3-1-4-13(8-12)22-17-9-15(23)16(24-17)7-11-10-21-18-14(11)5-2-6-20-18/h1-10,22H,(H,20,21)/b16-7+. The Balaban J connectivity index is 1.57. The molecule has 3 aromatic rings. The molecular weight excluding hydrogens is 326 g/mol. The molecule has 0 bridgehead atoms. The Morgan fingerprint density at radius 1 is 1.25 bits per heavy atom. The summed E-state index contributed by atoms with van der Waals surface area (Å²) >= 11 is 5.95.